The minimum atomic E-state index is -0.833. The van der Waals surface area contributed by atoms with Crippen molar-refractivity contribution in [3.05, 3.63) is 0 Å². The van der Waals surface area contributed by atoms with Crippen LogP contribution in [0.25, 0.3) is 0 Å². The SMILES string of the molecule is CC(=O)O.CCCCCCCCCCCCCCCCCC1N=CCN1. The summed E-state index contributed by atoms with van der Waals surface area (Å²) in [7, 11) is 0. The predicted octanol–water partition coefficient (Wildman–Crippen LogP) is 6.34. The highest BCUT2D eigenvalue weighted by molar-refractivity contribution is 5.63. The minimum Gasteiger partial charge on any atom is -0.481 e. The van der Waals surface area contributed by atoms with Crippen molar-refractivity contribution in [3.8, 4) is 0 Å². The van der Waals surface area contributed by atoms with Crippen LogP contribution in [0, 0.1) is 0 Å². The Morgan fingerprint density at radius 2 is 1.27 bits per heavy atom. The lowest BCUT2D eigenvalue weighted by Gasteiger charge is -2.07. The molecule has 0 spiro atoms. The minimum absolute atomic E-state index is 0.432. The molecular weight excluding hydrogens is 324 g/mol. The average molecular weight is 369 g/mol. The maximum absolute atomic E-state index is 9.00. The van der Waals surface area contributed by atoms with Crippen LogP contribution in [0.5, 0.6) is 0 Å². The van der Waals surface area contributed by atoms with Crippen molar-refractivity contribution in [2.75, 3.05) is 6.54 Å². The molecule has 26 heavy (non-hydrogen) atoms. The summed E-state index contributed by atoms with van der Waals surface area (Å²) in [6.07, 6.45) is 25.3. The van der Waals surface area contributed by atoms with E-state index < -0.39 is 5.97 Å². The fraction of sp³-hybridized carbons (Fsp3) is 0.909. The Kier molecular flexibility index (Phi) is 19.7. The van der Waals surface area contributed by atoms with Crippen LogP contribution in [-0.2, 0) is 4.79 Å². The number of nitrogens with one attached hydrogen (secondary N) is 1. The molecule has 1 atom stereocenters. The van der Waals surface area contributed by atoms with Crippen molar-refractivity contribution in [1.82, 2.24) is 5.32 Å². The Labute approximate surface area is 162 Å². The molecule has 0 bridgehead atoms. The van der Waals surface area contributed by atoms with Crippen LogP contribution in [0.2, 0.25) is 0 Å². The lowest BCUT2D eigenvalue weighted by Crippen LogP contribution is -2.21. The fourth-order valence-corrected chi connectivity index (χ4v) is 3.31. The first kappa shape index (κ1) is 25.1. The molecule has 0 aromatic rings. The third-order valence-corrected chi connectivity index (χ3v) is 4.81. The van der Waals surface area contributed by atoms with Gasteiger partial charge in [-0.2, -0.15) is 0 Å². The molecule has 0 fully saturated rings. The third-order valence-electron chi connectivity index (χ3n) is 4.81. The van der Waals surface area contributed by atoms with E-state index in [9.17, 15) is 0 Å². The van der Waals surface area contributed by atoms with Crippen molar-refractivity contribution in [3.63, 3.8) is 0 Å². The Hall–Kier alpha value is -0.900. The lowest BCUT2D eigenvalue weighted by molar-refractivity contribution is -0.134. The monoisotopic (exact) mass is 368 g/mol. The number of carboxylic acid groups (broad SMARTS) is 1. The number of hydrogen-bond donors (Lipinski definition) is 2. The maximum Gasteiger partial charge on any atom is 0.300 e. The summed E-state index contributed by atoms with van der Waals surface area (Å²) < 4.78 is 0. The molecule has 0 aromatic carbocycles. The molecule has 2 N–H and O–H groups in total. The van der Waals surface area contributed by atoms with E-state index in [-0.39, 0.29) is 0 Å². The molecule has 4 nitrogen and oxygen atoms in total. The van der Waals surface area contributed by atoms with Crippen molar-refractivity contribution >= 4 is 12.2 Å². The van der Waals surface area contributed by atoms with Gasteiger partial charge in [-0.05, 0) is 12.8 Å². The average Bonchev–Trinajstić information content (AvgIpc) is 3.11. The molecule has 0 aliphatic carbocycles. The summed E-state index contributed by atoms with van der Waals surface area (Å²) in [5.41, 5.74) is 0. The van der Waals surface area contributed by atoms with Crippen LogP contribution < -0.4 is 5.32 Å². The van der Waals surface area contributed by atoms with Gasteiger partial charge < -0.3 is 5.11 Å². The predicted molar refractivity (Wildman–Crippen MR) is 113 cm³/mol. The molecule has 1 rings (SSSR count). The molecule has 4 heteroatoms. The maximum atomic E-state index is 9.00. The standard InChI is InChI=1S/C20H40N2.C2H4O2/c1-2-3-4-5-6-7-8-9-10-11-12-13-14-15-16-17-20-21-18-19-22-20;1-2(3)4/h18,20,22H,2-17,19H2,1H3;1H3,(H,3,4). The molecule has 0 saturated heterocycles. The molecule has 1 heterocycles. The summed E-state index contributed by atoms with van der Waals surface area (Å²) in [5, 5.41) is 10.8. The number of carbonyl (C=O) groups is 1. The van der Waals surface area contributed by atoms with Gasteiger partial charge in [-0.25, -0.2) is 0 Å². The van der Waals surface area contributed by atoms with E-state index in [1.54, 1.807) is 0 Å². The molecule has 0 aromatic heterocycles. The van der Waals surface area contributed by atoms with Gasteiger partial charge in [0.25, 0.3) is 5.97 Å². The molecule has 0 saturated carbocycles. The molecular formula is C22H44N2O2. The normalized spacial score (nSPS) is 15.7. The Morgan fingerprint density at radius 3 is 1.62 bits per heavy atom. The quantitative estimate of drug-likeness (QED) is 0.312. The Morgan fingerprint density at radius 1 is 0.885 bits per heavy atom. The van der Waals surface area contributed by atoms with Gasteiger partial charge in [0.15, 0.2) is 0 Å². The van der Waals surface area contributed by atoms with Gasteiger partial charge in [0, 0.05) is 19.7 Å². The van der Waals surface area contributed by atoms with E-state index in [4.69, 9.17) is 9.90 Å². The highest BCUT2D eigenvalue weighted by Gasteiger charge is 2.07. The zero-order valence-corrected chi connectivity index (χ0v) is 17.5. The fourth-order valence-electron chi connectivity index (χ4n) is 3.31. The third kappa shape index (κ3) is 21.1. The smallest absolute Gasteiger partial charge is 0.300 e. The van der Waals surface area contributed by atoms with Gasteiger partial charge in [0.2, 0.25) is 0 Å². The summed E-state index contributed by atoms with van der Waals surface area (Å²) in [4.78, 5) is 13.4. The summed E-state index contributed by atoms with van der Waals surface area (Å²) in [6, 6.07) is 0. The van der Waals surface area contributed by atoms with Crippen molar-refractivity contribution in [1.29, 1.82) is 0 Å². The van der Waals surface area contributed by atoms with E-state index in [0.29, 0.717) is 6.17 Å². The van der Waals surface area contributed by atoms with E-state index in [2.05, 4.69) is 17.2 Å². The van der Waals surface area contributed by atoms with E-state index in [1.165, 1.54) is 103 Å². The number of carboxylic acids is 1. The largest absolute Gasteiger partial charge is 0.481 e. The van der Waals surface area contributed by atoms with Crippen molar-refractivity contribution in [2.24, 2.45) is 4.99 Å². The van der Waals surface area contributed by atoms with Crippen molar-refractivity contribution < 1.29 is 9.90 Å². The zero-order chi connectivity index (χ0) is 19.3. The highest BCUT2D eigenvalue weighted by atomic mass is 16.4. The zero-order valence-electron chi connectivity index (χ0n) is 17.5. The number of aliphatic imine (C=N–C) groups is 1. The second-order valence-corrected chi connectivity index (χ2v) is 7.51. The van der Waals surface area contributed by atoms with Gasteiger partial charge in [-0.3, -0.25) is 15.1 Å². The number of hydrogen-bond acceptors (Lipinski definition) is 3. The van der Waals surface area contributed by atoms with Crippen molar-refractivity contribution in [2.45, 2.75) is 123 Å². The highest BCUT2D eigenvalue weighted by Crippen LogP contribution is 2.14. The van der Waals surface area contributed by atoms with Crippen LogP contribution >= 0.6 is 0 Å². The lowest BCUT2D eigenvalue weighted by atomic mass is 10.0. The number of unbranched alkanes of at least 4 members (excludes halogenated alkanes) is 14. The second kappa shape index (κ2) is 20.4. The topological polar surface area (TPSA) is 61.7 Å². The first-order valence-corrected chi connectivity index (χ1v) is 11.1. The molecule has 0 amide bonds. The van der Waals surface area contributed by atoms with Crippen LogP contribution in [0.3, 0.4) is 0 Å². The summed E-state index contributed by atoms with van der Waals surface area (Å²) in [5.74, 6) is -0.833. The number of nitrogens with zero attached hydrogens (tertiary/aromatic N) is 1. The van der Waals surface area contributed by atoms with Gasteiger partial charge in [-0.1, -0.05) is 96.8 Å². The van der Waals surface area contributed by atoms with E-state index in [1.807, 2.05) is 6.21 Å². The Bertz CT molecular complexity index is 328. The summed E-state index contributed by atoms with van der Waals surface area (Å²) in [6.45, 7) is 4.35. The van der Waals surface area contributed by atoms with Crippen LogP contribution in [0.1, 0.15) is 117 Å². The molecule has 1 aliphatic rings. The van der Waals surface area contributed by atoms with Gasteiger partial charge in [-0.15, -0.1) is 0 Å². The van der Waals surface area contributed by atoms with Crippen LogP contribution in [0.15, 0.2) is 4.99 Å². The Balaban J connectivity index is 0.00000141. The van der Waals surface area contributed by atoms with Gasteiger partial charge in [0.1, 0.15) is 0 Å². The van der Waals surface area contributed by atoms with E-state index in [0.717, 1.165) is 13.5 Å². The molecule has 154 valence electrons. The first-order chi connectivity index (χ1) is 12.7. The van der Waals surface area contributed by atoms with Gasteiger partial charge >= 0.3 is 0 Å². The van der Waals surface area contributed by atoms with E-state index >= 15 is 0 Å². The number of aliphatic carboxylic acids is 1. The summed E-state index contributed by atoms with van der Waals surface area (Å²) >= 11 is 0. The molecule has 0 radical (unpaired) electrons. The second-order valence-electron chi connectivity index (χ2n) is 7.51. The van der Waals surface area contributed by atoms with Gasteiger partial charge in [0.05, 0.1) is 6.17 Å². The van der Waals surface area contributed by atoms with Crippen LogP contribution in [0.4, 0.5) is 0 Å². The first-order valence-electron chi connectivity index (χ1n) is 11.1. The molecule has 1 aliphatic heterocycles. The number of rotatable bonds is 16. The van der Waals surface area contributed by atoms with Crippen LogP contribution in [-0.4, -0.2) is 30.0 Å². The molecule has 1 unspecified atom stereocenters.